The first-order valence-electron chi connectivity index (χ1n) is 6.12. The van der Waals surface area contributed by atoms with E-state index in [0.717, 1.165) is 11.4 Å². The second-order valence-electron chi connectivity index (χ2n) is 4.13. The van der Waals surface area contributed by atoms with Gasteiger partial charge in [0, 0.05) is 13.1 Å². The third-order valence-electron chi connectivity index (χ3n) is 2.65. The highest BCUT2D eigenvalue weighted by molar-refractivity contribution is 7.13. The summed E-state index contributed by atoms with van der Waals surface area (Å²) in [7, 11) is 1.85. The fourth-order valence-electron chi connectivity index (χ4n) is 1.64. The molecule has 0 bridgehead atoms. The summed E-state index contributed by atoms with van der Waals surface area (Å²) in [5.74, 6) is 1.25. The SMILES string of the molecule is CNCCNC(=O)Cc1nc(-c2cccs2)oc1C. The first kappa shape index (κ1) is 13.8. The van der Waals surface area contributed by atoms with Gasteiger partial charge in [-0.05, 0) is 25.4 Å². The lowest BCUT2D eigenvalue weighted by Gasteiger charge is -2.02. The van der Waals surface area contributed by atoms with E-state index in [-0.39, 0.29) is 12.3 Å². The van der Waals surface area contributed by atoms with Crippen molar-refractivity contribution in [2.45, 2.75) is 13.3 Å². The van der Waals surface area contributed by atoms with Crippen LogP contribution in [0.25, 0.3) is 10.8 Å². The Morgan fingerprint density at radius 3 is 3.00 bits per heavy atom. The second-order valence-corrected chi connectivity index (χ2v) is 5.08. The summed E-state index contributed by atoms with van der Waals surface area (Å²) in [6, 6.07) is 3.90. The molecule has 0 unspecified atom stereocenters. The Labute approximate surface area is 116 Å². The smallest absolute Gasteiger partial charge is 0.236 e. The molecule has 2 N–H and O–H groups in total. The molecular weight excluding hydrogens is 262 g/mol. The molecule has 0 fully saturated rings. The number of carbonyl (C=O) groups is 1. The minimum Gasteiger partial charge on any atom is -0.440 e. The Kier molecular flexibility index (Phi) is 4.70. The molecule has 19 heavy (non-hydrogen) atoms. The van der Waals surface area contributed by atoms with Crippen molar-refractivity contribution < 1.29 is 9.21 Å². The van der Waals surface area contributed by atoms with Crippen molar-refractivity contribution in [3.8, 4) is 10.8 Å². The van der Waals surface area contributed by atoms with Gasteiger partial charge < -0.3 is 15.1 Å². The summed E-state index contributed by atoms with van der Waals surface area (Å²) in [6.07, 6.45) is 0.254. The number of amides is 1. The summed E-state index contributed by atoms with van der Waals surface area (Å²) in [6.45, 7) is 3.20. The van der Waals surface area contributed by atoms with E-state index < -0.39 is 0 Å². The van der Waals surface area contributed by atoms with Crippen molar-refractivity contribution in [3.05, 3.63) is 29.0 Å². The minimum atomic E-state index is -0.0376. The van der Waals surface area contributed by atoms with Gasteiger partial charge in [-0.25, -0.2) is 4.98 Å². The molecule has 6 heteroatoms. The van der Waals surface area contributed by atoms with Gasteiger partial charge in [-0.1, -0.05) is 6.07 Å². The van der Waals surface area contributed by atoms with Crippen molar-refractivity contribution in [2.75, 3.05) is 20.1 Å². The Hall–Kier alpha value is -1.66. The highest BCUT2D eigenvalue weighted by Gasteiger charge is 2.14. The van der Waals surface area contributed by atoms with Gasteiger partial charge in [-0.3, -0.25) is 4.79 Å². The van der Waals surface area contributed by atoms with E-state index in [0.29, 0.717) is 23.9 Å². The van der Waals surface area contributed by atoms with Crippen molar-refractivity contribution in [1.29, 1.82) is 0 Å². The van der Waals surface area contributed by atoms with Gasteiger partial charge in [0.1, 0.15) is 5.76 Å². The number of likely N-dealkylation sites (N-methyl/N-ethyl adjacent to an activating group) is 1. The molecule has 2 aromatic rings. The molecule has 0 aliphatic rings. The number of nitrogens with zero attached hydrogens (tertiary/aromatic N) is 1. The maximum absolute atomic E-state index is 11.7. The average Bonchev–Trinajstić information content (AvgIpc) is 3.00. The molecule has 0 saturated carbocycles. The molecule has 0 radical (unpaired) electrons. The lowest BCUT2D eigenvalue weighted by Crippen LogP contribution is -2.31. The van der Waals surface area contributed by atoms with Crippen LogP contribution in [0.5, 0.6) is 0 Å². The topological polar surface area (TPSA) is 67.2 Å². The van der Waals surface area contributed by atoms with Crippen molar-refractivity contribution in [1.82, 2.24) is 15.6 Å². The zero-order chi connectivity index (χ0) is 13.7. The lowest BCUT2D eigenvalue weighted by molar-refractivity contribution is -0.120. The molecule has 0 atom stereocenters. The largest absolute Gasteiger partial charge is 0.440 e. The number of nitrogens with one attached hydrogen (secondary N) is 2. The average molecular weight is 279 g/mol. The van der Waals surface area contributed by atoms with E-state index in [4.69, 9.17) is 4.42 Å². The number of oxazole rings is 1. The van der Waals surface area contributed by atoms with Crippen molar-refractivity contribution in [2.24, 2.45) is 0 Å². The van der Waals surface area contributed by atoms with Crippen LogP contribution < -0.4 is 10.6 Å². The van der Waals surface area contributed by atoms with Crippen LogP contribution in [0.2, 0.25) is 0 Å². The van der Waals surface area contributed by atoms with Crippen LogP contribution in [0.1, 0.15) is 11.5 Å². The first-order valence-corrected chi connectivity index (χ1v) is 7.00. The minimum absolute atomic E-state index is 0.0376. The fourth-order valence-corrected chi connectivity index (χ4v) is 2.29. The van der Waals surface area contributed by atoms with Crippen LogP contribution in [-0.4, -0.2) is 31.0 Å². The molecule has 2 heterocycles. The van der Waals surface area contributed by atoms with Gasteiger partial charge >= 0.3 is 0 Å². The molecule has 1 amide bonds. The van der Waals surface area contributed by atoms with Crippen LogP contribution in [0.3, 0.4) is 0 Å². The monoisotopic (exact) mass is 279 g/mol. The Bertz CT molecular complexity index is 534. The first-order chi connectivity index (χ1) is 9.20. The molecule has 0 aliphatic heterocycles. The number of rotatable bonds is 6. The Morgan fingerprint density at radius 2 is 2.32 bits per heavy atom. The summed E-state index contributed by atoms with van der Waals surface area (Å²) in [5.41, 5.74) is 0.699. The molecule has 0 aliphatic carbocycles. The predicted octanol–water partition coefficient (Wildman–Crippen LogP) is 1.59. The highest BCUT2D eigenvalue weighted by Crippen LogP contribution is 2.25. The maximum Gasteiger partial charge on any atom is 0.236 e. The highest BCUT2D eigenvalue weighted by atomic mass is 32.1. The third-order valence-corrected chi connectivity index (χ3v) is 3.51. The Morgan fingerprint density at radius 1 is 1.47 bits per heavy atom. The van der Waals surface area contributed by atoms with E-state index >= 15 is 0 Å². The van der Waals surface area contributed by atoms with Gasteiger partial charge in [0.05, 0.1) is 17.0 Å². The number of thiophene rings is 1. The van der Waals surface area contributed by atoms with Gasteiger partial charge in [-0.2, -0.15) is 0 Å². The van der Waals surface area contributed by atoms with E-state index in [1.54, 1.807) is 11.3 Å². The zero-order valence-corrected chi connectivity index (χ0v) is 11.8. The van der Waals surface area contributed by atoms with Gasteiger partial charge in [0.15, 0.2) is 0 Å². The predicted molar refractivity (Wildman–Crippen MR) is 75.2 cm³/mol. The number of hydrogen-bond donors (Lipinski definition) is 2. The number of aryl methyl sites for hydroxylation is 1. The Balaban J connectivity index is 1.99. The van der Waals surface area contributed by atoms with Crippen LogP contribution in [0, 0.1) is 6.92 Å². The van der Waals surface area contributed by atoms with Gasteiger partial charge in [0.2, 0.25) is 11.8 Å². The van der Waals surface area contributed by atoms with Crippen molar-refractivity contribution in [3.63, 3.8) is 0 Å². The van der Waals surface area contributed by atoms with Gasteiger partial charge in [0.25, 0.3) is 0 Å². The van der Waals surface area contributed by atoms with Crippen LogP contribution in [0.4, 0.5) is 0 Å². The third kappa shape index (κ3) is 3.65. The molecular formula is C13H17N3O2S. The van der Waals surface area contributed by atoms with E-state index in [1.807, 2.05) is 31.5 Å². The van der Waals surface area contributed by atoms with E-state index in [2.05, 4.69) is 15.6 Å². The summed E-state index contributed by atoms with van der Waals surface area (Å²) < 4.78 is 5.59. The molecule has 0 aromatic carbocycles. The lowest BCUT2D eigenvalue weighted by atomic mass is 10.2. The molecule has 5 nitrogen and oxygen atoms in total. The van der Waals surface area contributed by atoms with E-state index in [1.165, 1.54) is 0 Å². The summed E-state index contributed by atoms with van der Waals surface area (Å²) >= 11 is 1.57. The van der Waals surface area contributed by atoms with Crippen LogP contribution in [-0.2, 0) is 11.2 Å². The van der Waals surface area contributed by atoms with E-state index in [9.17, 15) is 4.79 Å². The molecule has 0 spiro atoms. The molecule has 2 rings (SSSR count). The normalized spacial score (nSPS) is 10.6. The number of aromatic nitrogens is 1. The maximum atomic E-state index is 11.7. The van der Waals surface area contributed by atoms with Crippen molar-refractivity contribution >= 4 is 17.2 Å². The fraction of sp³-hybridized carbons (Fsp3) is 0.385. The quantitative estimate of drug-likeness (QED) is 0.788. The summed E-state index contributed by atoms with van der Waals surface area (Å²) in [4.78, 5) is 17.1. The van der Waals surface area contributed by atoms with Crippen LogP contribution >= 0.6 is 11.3 Å². The zero-order valence-electron chi connectivity index (χ0n) is 11.0. The summed E-state index contributed by atoms with van der Waals surface area (Å²) in [5, 5.41) is 7.77. The molecule has 102 valence electrons. The number of carbonyl (C=O) groups excluding carboxylic acids is 1. The standard InChI is InChI=1S/C13H17N3O2S/c1-9-10(8-12(17)15-6-5-14-2)16-13(18-9)11-4-3-7-19-11/h3-4,7,14H,5-6,8H2,1-2H3,(H,15,17). The second kappa shape index (κ2) is 6.49. The van der Waals surface area contributed by atoms with Crippen LogP contribution in [0.15, 0.2) is 21.9 Å². The molecule has 0 saturated heterocycles. The molecule has 2 aromatic heterocycles. The van der Waals surface area contributed by atoms with Gasteiger partial charge in [-0.15, -0.1) is 11.3 Å². The number of hydrogen-bond acceptors (Lipinski definition) is 5.